The van der Waals surface area contributed by atoms with Crippen LogP contribution in [0.25, 0.3) is 10.9 Å². The summed E-state index contributed by atoms with van der Waals surface area (Å²) in [5.41, 5.74) is 20.2. The van der Waals surface area contributed by atoms with Crippen molar-refractivity contribution in [3.8, 4) is 0 Å². The van der Waals surface area contributed by atoms with E-state index in [9.17, 15) is 33.6 Å². The molecular weight excluding hydrogens is 855 g/mol. The Bertz CT molecular complexity index is 2540. The van der Waals surface area contributed by atoms with Crippen molar-refractivity contribution in [3.63, 3.8) is 0 Å². The molecule has 4 atom stereocenters. The molecule has 0 unspecified atom stereocenters. The van der Waals surface area contributed by atoms with Crippen molar-refractivity contribution in [3.05, 3.63) is 143 Å². The summed E-state index contributed by atoms with van der Waals surface area (Å²) in [6, 6.07) is 26.4. The fraction of sp³-hybridized carbons (Fsp3) is 0.306. The molecule has 0 spiro atoms. The molecule has 0 saturated carbocycles. The zero-order valence-corrected chi connectivity index (χ0v) is 37.0. The van der Waals surface area contributed by atoms with E-state index in [4.69, 9.17) is 17.2 Å². The highest BCUT2D eigenvalue weighted by atomic mass is 16.2. The Morgan fingerprint density at radius 3 is 1.79 bits per heavy atom. The molecule has 2 bridgehead atoms. The van der Waals surface area contributed by atoms with Crippen LogP contribution in [0.5, 0.6) is 0 Å². The molecule has 0 radical (unpaired) electrons. The molecule has 4 aromatic carbocycles. The van der Waals surface area contributed by atoms with Gasteiger partial charge in [0.1, 0.15) is 24.2 Å². The Morgan fingerprint density at radius 1 is 0.612 bits per heavy atom. The number of hydrogen-bond acceptors (Lipinski definition) is 8. The number of fused-ring (bicyclic) bond motifs is 22. The first-order valence-corrected chi connectivity index (χ1v) is 22.2. The summed E-state index contributed by atoms with van der Waals surface area (Å²) in [6.07, 6.45) is 2.80. The van der Waals surface area contributed by atoms with Crippen LogP contribution in [0.15, 0.2) is 120 Å². The van der Waals surface area contributed by atoms with E-state index in [0.717, 1.165) is 16.5 Å². The topological polar surface area (TPSA) is 289 Å². The lowest BCUT2D eigenvalue weighted by Crippen LogP contribution is -2.59. The number of primary amides is 1. The lowest BCUT2D eigenvalue weighted by Gasteiger charge is -2.29. The monoisotopic (exact) mass is 911 g/mol. The Kier molecular flexibility index (Phi) is 17.2. The molecule has 0 aliphatic carbocycles. The first-order chi connectivity index (χ1) is 32.3. The Hall–Kier alpha value is -8.02. The van der Waals surface area contributed by atoms with Crippen molar-refractivity contribution in [2.45, 2.75) is 69.1 Å². The molecular formula is C49H57N11O7. The van der Waals surface area contributed by atoms with E-state index in [0.29, 0.717) is 24.0 Å². The first-order valence-electron chi connectivity index (χ1n) is 22.2. The maximum absolute atomic E-state index is 14.6. The third-order valence-corrected chi connectivity index (χ3v) is 11.3. The molecule has 350 valence electrons. The van der Waals surface area contributed by atoms with Crippen molar-refractivity contribution >= 4 is 58.2 Å². The van der Waals surface area contributed by atoms with Crippen LogP contribution < -0.4 is 43.8 Å². The second-order valence-corrected chi connectivity index (χ2v) is 16.4. The number of carbonyl (C=O) groups is 7. The minimum atomic E-state index is -1.28. The van der Waals surface area contributed by atoms with Crippen molar-refractivity contribution < 1.29 is 33.6 Å². The molecule has 0 fully saturated rings. The second kappa shape index (κ2) is 23.8. The highest BCUT2D eigenvalue weighted by Crippen LogP contribution is 2.20. The summed E-state index contributed by atoms with van der Waals surface area (Å²) in [7, 11) is 0. The Morgan fingerprint density at radius 2 is 1.16 bits per heavy atom. The van der Waals surface area contributed by atoms with Gasteiger partial charge in [-0.25, -0.2) is 0 Å². The molecule has 12 N–H and O–H groups in total. The molecule has 5 aromatic rings. The summed E-state index contributed by atoms with van der Waals surface area (Å²) in [5, 5.41) is 15.0. The van der Waals surface area contributed by atoms with Crippen LogP contribution in [0.4, 0.5) is 0 Å². The van der Waals surface area contributed by atoms with Gasteiger partial charge in [0.25, 0.3) is 11.8 Å². The van der Waals surface area contributed by atoms with Crippen LogP contribution in [0.1, 0.15) is 63.1 Å². The summed E-state index contributed by atoms with van der Waals surface area (Å²) in [6.45, 7) is -0.0546. The Balaban J connectivity index is 1.38. The van der Waals surface area contributed by atoms with Crippen LogP contribution in [-0.4, -0.2) is 108 Å². The van der Waals surface area contributed by atoms with Gasteiger partial charge in [0.15, 0.2) is 5.96 Å². The van der Waals surface area contributed by atoms with E-state index in [2.05, 4.69) is 36.6 Å². The van der Waals surface area contributed by atoms with E-state index >= 15 is 0 Å². The van der Waals surface area contributed by atoms with Gasteiger partial charge in [-0.3, -0.25) is 38.6 Å². The van der Waals surface area contributed by atoms with E-state index < -0.39 is 72.1 Å². The third-order valence-electron chi connectivity index (χ3n) is 11.3. The number of amides is 7. The lowest BCUT2D eigenvalue weighted by molar-refractivity contribution is -0.139. The van der Waals surface area contributed by atoms with Crippen molar-refractivity contribution in [2.24, 2.45) is 22.2 Å². The standard InChI is InChI=1S/C49H57N11O7/c50-42(61)30-60-25-10-9-23-53-43(62)33-19-21-34(22-20-33)44(63)57-39(26-31-12-3-1-4-13-31)47(66)58-40(27-32-14-5-2-6-15-32)46(65)56-38(18-11-24-54-49(51)52)45(64)59-41(48(60)67)28-35-29-55-37-17-8-7-16-36(35)37/h1-8,12-17,19-22,29,38-41,55H,9-11,18,23-28,30H2,(H2,50,61)(H,53,62)(H,56,65)(H,57,63)(H,58,66)(H,59,64)(H4,51,52,54)/t38-,39-,40+,41-/m0/s1. The van der Waals surface area contributed by atoms with Gasteiger partial charge in [-0.05, 0) is 72.7 Å². The van der Waals surface area contributed by atoms with Gasteiger partial charge in [0.05, 0.1) is 6.54 Å². The second-order valence-electron chi connectivity index (χ2n) is 16.4. The number of H-pyrrole nitrogens is 1. The number of para-hydroxylation sites is 1. The lowest BCUT2D eigenvalue weighted by atomic mass is 10.0. The van der Waals surface area contributed by atoms with Gasteiger partial charge >= 0.3 is 0 Å². The van der Waals surface area contributed by atoms with E-state index in [1.807, 2.05) is 48.5 Å². The molecule has 0 saturated heterocycles. The van der Waals surface area contributed by atoms with Gasteiger partial charge in [0.2, 0.25) is 29.5 Å². The zero-order valence-electron chi connectivity index (χ0n) is 37.0. The summed E-state index contributed by atoms with van der Waals surface area (Å²) in [4.78, 5) is 106. The fourth-order valence-electron chi connectivity index (χ4n) is 7.85. The first kappa shape index (κ1) is 48.4. The number of nitrogens with two attached hydrogens (primary N) is 3. The largest absolute Gasteiger partial charge is 0.370 e. The maximum Gasteiger partial charge on any atom is 0.251 e. The van der Waals surface area contributed by atoms with E-state index in [1.54, 1.807) is 42.6 Å². The molecule has 3 heterocycles. The minimum absolute atomic E-state index is 0.0000342. The van der Waals surface area contributed by atoms with Crippen LogP contribution in [0, 0.1) is 0 Å². The number of rotatable bonds is 12. The Labute approximate surface area is 387 Å². The van der Waals surface area contributed by atoms with Gasteiger partial charge in [-0.1, -0.05) is 78.9 Å². The number of aliphatic imine (C=N–C) groups is 1. The van der Waals surface area contributed by atoms with Crippen LogP contribution in [0.3, 0.4) is 0 Å². The fourth-order valence-corrected chi connectivity index (χ4v) is 7.85. The molecule has 18 heteroatoms. The summed E-state index contributed by atoms with van der Waals surface area (Å²) in [5.74, 6) is -4.64. The number of nitrogens with one attached hydrogen (secondary N) is 6. The van der Waals surface area contributed by atoms with Gasteiger partial charge in [0, 0.05) is 67.1 Å². The predicted octanol–water partition coefficient (Wildman–Crippen LogP) is 1.34. The molecule has 7 amide bonds. The van der Waals surface area contributed by atoms with Crippen LogP contribution in [0.2, 0.25) is 0 Å². The normalized spacial score (nSPS) is 19.3. The molecule has 1 aromatic heterocycles. The highest BCUT2D eigenvalue weighted by molar-refractivity contribution is 6.01. The average Bonchev–Trinajstić information content (AvgIpc) is 3.73. The number of nitrogens with zero attached hydrogens (tertiary/aromatic N) is 2. The number of carbonyl (C=O) groups excluding carboxylic acids is 7. The summed E-state index contributed by atoms with van der Waals surface area (Å²) >= 11 is 0. The number of benzene rings is 4. The molecule has 2 aliphatic rings. The molecule has 2 aliphatic heterocycles. The third kappa shape index (κ3) is 14.2. The molecule has 18 nitrogen and oxygen atoms in total. The van der Waals surface area contributed by atoms with Gasteiger partial charge in [-0.15, -0.1) is 0 Å². The number of aromatic amines is 1. The quantitative estimate of drug-likeness (QED) is 0.0377. The van der Waals surface area contributed by atoms with Crippen molar-refractivity contribution in [1.29, 1.82) is 0 Å². The molecule has 7 rings (SSSR count). The van der Waals surface area contributed by atoms with Crippen molar-refractivity contribution in [1.82, 2.24) is 36.5 Å². The number of guanidine groups is 1. The molecule has 67 heavy (non-hydrogen) atoms. The van der Waals surface area contributed by atoms with E-state index in [-0.39, 0.29) is 68.8 Å². The SMILES string of the molecule is NC(=O)CN1CCCCNC(=O)c2ccc(cc2)C(=O)N[C@@H](Cc2ccccc2)C(=O)N[C@H](Cc2ccccc2)C(=O)N[C@@H](CCCN=C(N)N)C(=O)N[C@@H](Cc2c[nH]c3ccccc23)C1=O. The minimum Gasteiger partial charge on any atom is -0.370 e. The van der Waals surface area contributed by atoms with Crippen LogP contribution in [-0.2, 0) is 43.2 Å². The average molecular weight is 912 g/mol. The van der Waals surface area contributed by atoms with Gasteiger partial charge < -0.3 is 53.7 Å². The van der Waals surface area contributed by atoms with Crippen molar-refractivity contribution in [2.75, 3.05) is 26.2 Å². The number of aromatic nitrogens is 1. The number of hydrogen-bond donors (Lipinski definition) is 9. The zero-order chi connectivity index (χ0) is 47.7. The summed E-state index contributed by atoms with van der Waals surface area (Å²) < 4.78 is 0. The predicted molar refractivity (Wildman–Crippen MR) is 253 cm³/mol. The highest BCUT2D eigenvalue weighted by Gasteiger charge is 2.34. The van der Waals surface area contributed by atoms with E-state index in [1.165, 1.54) is 29.2 Å². The van der Waals surface area contributed by atoms with Gasteiger partial charge in [-0.2, -0.15) is 0 Å². The maximum atomic E-state index is 14.6. The smallest absolute Gasteiger partial charge is 0.251 e. The van der Waals surface area contributed by atoms with Crippen LogP contribution >= 0.6 is 0 Å².